The molecule has 17 heavy (non-hydrogen) atoms. The van der Waals surface area contributed by atoms with E-state index in [4.69, 9.17) is 4.74 Å². The molecule has 0 fully saturated rings. The van der Waals surface area contributed by atoms with Gasteiger partial charge >= 0.3 is 0 Å². The van der Waals surface area contributed by atoms with Crippen LogP contribution < -0.4 is 4.74 Å². The summed E-state index contributed by atoms with van der Waals surface area (Å²) in [5.41, 5.74) is 3.15. The van der Waals surface area contributed by atoms with E-state index in [0.29, 0.717) is 5.88 Å². The molecule has 0 spiro atoms. The van der Waals surface area contributed by atoms with Crippen LogP contribution >= 0.6 is 0 Å². The predicted octanol–water partition coefficient (Wildman–Crippen LogP) is 3.03. The molecule has 0 bridgehead atoms. The maximum absolute atomic E-state index is 5.12. The number of fused-ring (bicyclic) bond motifs is 1. The van der Waals surface area contributed by atoms with Crippen LogP contribution in [0.1, 0.15) is 0 Å². The second-order valence-electron chi connectivity index (χ2n) is 3.78. The normalized spacial score (nSPS) is 10.6. The van der Waals surface area contributed by atoms with Gasteiger partial charge in [0.15, 0.2) is 0 Å². The van der Waals surface area contributed by atoms with Crippen molar-refractivity contribution in [3.63, 3.8) is 0 Å². The fourth-order valence-corrected chi connectivity index (χ4v) is 1.93. The number of nitrogens with zero attached hydrogens (tertiary/aromatic N) is 2. The van der Waals surface area contributed by atoms with Gasteiger partial charge in [0.05, 0.1) is 18.1 Å². The summed E-state index contributed by atoms with van der Waals surface area (Å²) in [7, 11) is 1.63. The van der Waals surface area contributed by atoms with Crippen LogP contribution in [0, 0.1) is 0 Å². The van der Waals surface area contributed by atoms with Crippen molar-refractivity contribution in [2.24, 2.45) is 0 Å². The molecule has 0 N–H and O–H groups in total. The summed E-state index contributed by atoms with van der Waals surface area (Å²) in [5.74, 6) is 0.642. The summed E-state index contributed by atoms with van der Waals surface area (Å²) in [6.45, 7) is 0. The maximum atomic E-state index is 5.12. The minimum absolute atomic E-state index is 0.642. The van der Waals surface area contributed by atoms with Gasteiger partial charge in [-0.3, -0.25) is 0 Å². The highest BCUT2D eigenvalue weighted by molar-refractivity contribution is 5.78. The number of hydrogen-bond donors (Lipinski definition) is 0. The Labute approximate surface area is 99.3 Å². The maximum Gasteiger partial charge on any atom is 0.213 e. The minimum Gasteiger partial charge on any atom is -0.481 e. The van der Waals surface area contributed by atoms with E-state index >= 15 is 0 Å². The largest absolute Gasteiger partial charge is 0.481 e. The Kier molecular flexibility index (Phi) is 2.29. The third-order valence-corrected chi connectivity index (χ3v) is 2.76. The number of aromatic nitrogens is 2. The van der Waals surface area contributed by atoms with Gasteiger partial charge < -0.3 is 9.30 Å². The number of hydrogen-bond acceptors (Lipinski definition) is 2. The van der Waals surface area contributed by atoms with Crippen molar-refractivity contribution in [1.82, 2.24) is 9.55 Å². The number of pyridine rings is 1. The summed E-state index contributed by atoms with van der Waals surface area (Å²) in [5, 5.41) is 0. The standard InChI is InChI=1S/C14H12N2O/c1-17-14-8-7-13-12(15-14)9-10-16(13)11-5-3-2-4-6-11/h2-10H,1H3. The molecule has 2 aromatic heterocycles. The van der Waals surface area contributed by atoms with Crippen LogP contribution in [0.2, 0.25) is 0 Å². The van der Waals surface area contributed by atoms with E-state index in [1.807, 2.05) is 42.6 Å². The van der Waals surface area contributed by atoms with Gasteiger partial charge in [-0.25, -0.2) is 4.98 Å². The van der Waals surface area contributed by atoms with Crippen molar-refractivity contribution in [3.05, 3.63) is 54.7 Å². The first-order valence-corrected chi connectivity index (χ1v) is 5.46. The Morgan fingerprint density at radius 2 is 1.82 bits per heavy atom. The summed E-state index contributed by atoms with van der Waals surface area (Å²) >= 11 is 0. The van der Waals surface area contributed by atoms with E-state index in [2.05, 4.69) is 21.7 Å². The molecule has 0 amide bonds. The van der Waals surface area contributed by atoms with E-state index in [0.717, 1.165) is 16.7 Å². The molecule has 0 radical (unpaired) electrons. The van der Waals surface area contributed by atoms with Crippen molar-refractivity contribution < 1.29 is 4.74 Å². The lowest BCUT2D eigenvalue weighted by atomic mass is 10.3. The predicted molar refractivity (Wildman–Crippen MR) is 67.6 cm³/mol. The van der Waals surface area contributed by atoms with Gasteiger partial charge in [0.1, 0.15) is 0 Å². The molecule has 0 saturated heterocycles. The molecule has 3 aromatic rings. The van der Waals surface area contributed by atoms with Crippen LogP contribution in [-0.2, 0) is 0 Å². The molecule has 0 unspecified atom stereocenters. The highest BCUT2D eigenvalue weighted by atomic mass is 16.5. The first-order chi connectivity index (χ1) is 8.38. The summed E-state index contributed by atoms with van der Waals surface area (Å²) in [4.78, 5) is 4.40. The molecule has 0 aliphatic heterocycles. The Morgan fingerprint density at radius 3 is 2.59 bits per heavy atom. The smallest absolute Gasteiger partial charge is 0.213 e. The fraction of sp³-hybridized carbons (Fsp3) is 0.0714. The molecule has 0 atom stereocenters. The van der Waals surface area contributed by atoms with Gasteiger partial charge in [0, 0.05) is 18.0 Å². The zero-order valence-corrected chi connectivity index (χ0v) is 9.50. The first-order valence-electron chi connectivity index (χ1n) is 5.46. The van der Waals surface area contributed by atoms with Crippen molar-refractivity contribution in [2.45, 2.75) is 0 Å². The third kappa shape index (κ3) is 1.65. The second kappa shape index (κ2) is 3.94. The molecule has 2 heterocycles. The summed E-state index contributed by atoms with van der Waals surface area (Å²) in [6, 6.07) is 16.1. The molecule has 0 saturated carbocycles. The molecule has 0 aliphatic rings. The third-order valence-electron chi connectivity index (χ3n) is 2.76. The van der Waals surface area contributed by atoms with E-state index in [-0.39, 0.29) is 0 Å². The van der Waals surface area contributed by atoms with Crippen molar-refractivity contribution in [2.75, 3.05) is 7.11 Å². The van der Waals surface area contributed by atoms with Crippen LogP contribution in [0.15, 0.2) is 54.7 Å². The zero-order chi connectivity index (χ0) is 11.7. The van der Waals surface area contributed by atoms with Crippen LogP contribution in [0.5, 0.6) is 5.88 Å². The average Bonchev–Trinajstić information content (AvgIpc) is 2.82. The Bertz CT molecular complexity index is 644. The quantitative estimate of drug-likeness (QED) is 0.669. The highest BCUT2D eigenvalue weighted by Crippen LogP contribution is 2.21. The number of methoxy groups -OCH3 is 1. The van der Waals surface area contributed by atoms with Crippen molar-refractivity contribution in [3.8, 4) is 11.6 Å². The van der Waals surface area contributed by atoms with Crippen LogP contribution in [-0.4, -0.2) is 16.7 Å². The summed E-state index contributed by atoms with van der Waals surface area (Å²) in [6.07, 6.45) is 2.02. The molecule has 3 heteroatoms. The second-order valence-corrected chi connectivity index (χ2v) is 3.78. The average molecular weight is 224 g/mol. The number of para-hydroxylation sites is 1. The van der Waals surface area contributed by atoms with Gasteiger partial charge in [0.25, 0.3) is 0 Å². The Hall–Kier alpha value is -2.29. The SMILES string of the molecule is COc1ccc2c(ccn2-c2ccccc2)n1. The minimum atomic E-state index is 0.642. The Morgan fingerprint density at radius 1 is 1.00 bits per heavy atom. The lowest BCUT2D eigenvalue weighted by Gasteiger charge is -2.05. The van der Waals surface area contributed by atoms with Crippen LogP contribution in [0.25, 0.3) is 16.7 Å². The van der Waals surface area contributed by atoms with E-state index < -0.39 is 0 Å². The van der Waals surface area contributed by atoms with E-state index in [9.17, 15) is 0 Å². The lowest BCUT2D eigenvalue weighted by molar-refractivity contribution is 0.399. The highest BCUT2D eigenvalue weighted by Gasteiger charge is 2.04. The molecule has 1 aromatic carbocycles. The number of rotatable bonds is 2. The number of benzene rings is 1. The van der Waals surface area contributed by atoms with Gasteiger partial charge in [-0.2, -0.15) is 0 Å². The van der Waals surface area contributed by atoms with Gasteiger partial charge in [-0.05, 0) is 24.3 Å². The van der Waals surface area contributed by atoms with Crippen molar-refractivity contribution in [1.29, 1.82) is 0 Å². The van der Waals surface area contributed by atoms with Gasteiger partial charge in [-0.15, -0.1) is 0 Å². The molecule has 84 valence electrons. The van der Waals surface area contributed by atoms with E-state index in [1.54, 1.807) is 7.11 Å². The van der Waals surface area contributed by atoms with E-state index in [1.165, 1.54) is 0 Å². The topological polar surface area (TPSA) is 27.1 Å². The molecular formula is C14H12N2O. The molecular weight excluding hydrogens is 212 g/mol. The summed E-state index contributed by atoms with van der Waals surface area (Å²) < 4.78 is 7.23. The van der Waals surface area contributed by atoms with Crippen molar-refractivity contribution >= 4 is 11.0 Å². The Balaban J connectivity index is 2.19. The molecule has 0 aliphatic carbocycles. The number of ether oxygens (including phenoxy) is 1. The molecule has 3 rings (SSSR count). The van der Waals surface area contributed by atoms with Gasteiger partial charge in [0.2, 0.25) is 5.88 Å². The van der Waals surface area contributed by atoms with Crippen LogP contribution in [0.3, 0.4) is 0 Å². The molecule has 3 nitrogen and oxygen atoms in total. The zero-order valence-electron chi connectivity index (χ0n) is 9.50. The fourth-order valence-electron chi connectivity index (χ4n) is 1.93. The monoisotopic (exact) mass is 224 g/mol. The van der Waals surface area contributed by atoms with Gasteiger partial charge in [-0.1, -0.05) is 18.2 Å². The van der Waals surface area contributed by atoms with Crippen LogP contribution in [0.4, 0.5) is 0 Å². The first kappa shape index (κ1) is 9.90. The lowest BCUT2D eigenvalue weighted by Crippen LogP contribution is -1.92.